The lowest BCUT2D eigenvalue weighted by atomic mass is 9.97. The number of Topliss-reactive ketones (excluding diaryl/α,β-unsaturated/α-hetero) is 1. The first kappa shape index (κ1) is 18.5. The molecule has 1 atom stereocenters. The smallest absolute Gasteiger partial charge is 0.297 e. The summed E-state index contributed by atoms with van der Waals surface area (Å²) in [5.74, 6) is -2.26. The van der Waals surface area contributed by atoms with Gasteiger partial charge < -0.3 is 4.74 Å². The number of imide groups is 1. The van der Waals surface area contributed by atoms with E-state index in [0.29, 0.717) is 5.56 Å². The number of hydrogen-bond acceptors (Lipinski definition) is 5. The van der Waals surface area contributed by atoms with E-state index in [9.17, 15) is 14.4 Å². The highest BCUT2D eigenvalue weighted by atomic mass is 16.5. The summed E-state index contributed by atoms with van der Waals surface area (Å²) < 4.78 is 5.35. The van der Waals surface area contributed by atoms with Crippen LogP contribution in [0.4, 0.5) is 0 Å². The summed E-state index contributed by atoms with van der Waals surface area (Å²) in [6.07, 6.45) is 0. The molecule has 2 heterocycles. The Morgan fingerprint density at radius 2 is 1.64 bits per heavy atom. The fraction of sp³-hybridized carbons (Fsp3) is 0.318. The van der Waals surface area contributed by atoms with Crippen LogP contribution in [-0.2, 0) is 20.9 Å². The lowest BCUT2D eigenvalue weighted by molar-refractivity contribution is -0.139. The largest absolute Gasteiger partial charge is 0.379 e. The predicted molar refractivity (Wildman–Crippen MR) is 103 cm³/mol. The first-order valence-corrected chi connectivity index (χ1v) is 9.47. The van der Waals surface area contributed by atoms with Crippen molar-refractivity contribution in [2.75, 3.05) is 32.8 Å². The van der Waals surface area contributed by atoms with Crippen LogP contribution in [0.25, 0.3) is 0 Å². The molecule has 2 amide bonds. The maximum absolute atomic E-state index is 12.8. The molecule has 6 nitrogen and oxygen atoms in total. The monoisotopic (exact) mass is 378 g/mol. The van der Waals surface area contributed by atoms with Gasteiger partial charge in [-0.05, 0) is 23.3 Å². The van der Waals surface area contributed by atoms with Crippen molar-refractivity contribution in [2.45, 2.75) is 12.5 Å². The van der Waals surface area contributed by atoms with Gasteiger partial charge in [0.25, 0.3) is 11.8 Å². The Balaban J connectivity index is 1.45. The second-order valence-electron chi connectivity index (χ2n) is 7.13. The van der Waals surface area contributed by atoms with Crippen molar-refractivity contribution < 1.29 is 19.1 Å². The number of rotatable bonds is 4. The Morgan fingerprint density at radius 1 is 0.964 bits per heavy atom. The molecular weight excluding hydrogens is 356 g/mol. The Hall–Kier alpha value is -2.83. The minimum absolute atomic E-state index is 0.0933. The minimum Gasteiger partial charge on any atom is -0.379 e. The zero-order valence-electron chi connectivity index (χ0n) is 15.5. The zero-order chi connectivity index (χ0) is 19.5. The van der Waals surface area contributed by atoms with E-state index in [-0.39, 0.29) is 6.54 Å². The van der Waals surface area contributed by atoms with Gasteiger partial charge in [-0.25, -0.2) is 0 Å². The number of carbonyl (C=O) groups excluding carboxylic acids is 3. The second-order valence-corrected chi connectivity index (χ2v) is 7.13. The molecule has 0 N–H and O–H groups in total. The van der Waals surface area contributed by atoms with Crippen molar-refractivity contribution in [3.8, 4) is 0 Å². The van der Waals surface area contributed by atoms with Crippen molar-refractivity contribution in [1.29, 1.82) is 0 Å². The molecule has 0 bridgehead atoms. The van der Waals surface area contributed by atoms with Gasteiger partial charge in [-0.3, -0.25) is 24.2 Å². The molecule has 2 aliphatic rings. The van der Waals surface area contributed by atoms with Gasteiger partial charge >= 0.3 is 0 Å². The third kappa shape index (κ3) is 3.74. The van der Waals surface area contributed by atoms with Crippen molar-refractivity contribution in [3.63, 3.8) is 0 Å². The fourth-order valence-corrected chi connectivity index (χ4v) is 3.67. The predicted octanol–water partition coefficient (Wildman–Crippen LogP) is 1.85. The van der Waals surface area contributed by atoms with Gasteiger partial charge in [0.2, 0.25) is 5.78 Å². The van der Waals surface area contributed by atoms with E-state index in [1.165, 1.54) is 0 Å². The first-order chi connectivity index (χ1) is 13.6. The lowest BCUT2D eigenvalue weighted by Gasteiger charge is -2.26. The molecule has 0 aliphatic carbocycles. The fourth-order valence-electron chi connectivity index (χ4n) is 3.67. The van der Waals surface area contributed by atoms with Crippen LogP contribution < -0.4 is 0 Å². The number of ketones is 1. The number of carbonyl (C=O) groups is 3. The summed E-state index contributed by atoms with van der Waals surface area (Å²) >= 11 is 0. The summed E-state index contributed by atoms with van der Waals surface area (Å²) in [7, 11) is 0. The van der Waals surface area contributed by atoms with Crippen LogP contribution in [0.15, 0.2) is 54.6 Å². The molecule has 0 saturated carbocycles. The third-order valence-electron chi connectivity index (χ3n) is 5.30. The van der Waals surface area contributed by atoms with Crippen molar-refractivity contribution >= 4 is 17.6 Å². The second kappa shape index (κ2) is 8.04. The molecule has 0 spiro atoms. The van der Waals surface area contributed by atoms with Crippen LogP contribution in [0.1, 0.15) is 27.4 Å². The van der Waals surface area contributed by atoms with Gasteiger partial charge in [-0.15, -0.1) is 0 Å². The number of benzene rings is 2. The number of hydrogen-bond donors (Lipinski definition) is 0. The summed E-state index contributed by atoms with van der Waals surface area (Å²) in [6, 6.07) is 16.4. The van der Waals surface area contributed by atoms with Gasteiger partial charge in [-0.2, -0.15) is 0 Å². The SMILES string of the molecule is O=C1C(=O)N(C(=O)c2ccc(CN3CCOCC3)cc2)C[C@H]1c1ccccc1. The van der Waals surface area contributed by atoms with E-state index in [2.05, 4.69) is 4.90 Å². The molecule has 28 heavy (non-hydrogen) atoms. The highest BCUT2D eigenvalue weighted by molar-refractivity contribution is 6.43. The highest BCUT2D eigenvalue weighted by Crippen LogP contribution is 2.26. The molecule has 0 unspecified atom stereocenters. The molecule has 144 valence electrons. The molecule has 2 fully saturated rings. The molecule has 2 aromatic rings. The quantitative estimate of drug-likeness (QED) is 0.600. The average Bonchev–Trinajstić information content (AvgIpc) is 3.04. The Morgan fingerprint density at radius 3 is 2.32 bits per heavy atom. The van der Waals surface area contributed by atoms with E-state index in [1.54, 1.807) is 12.1 Å². The maximum Gasteiger partial charge on any atom is 0.297 e. The van der Waals surface area contributed by atoms with Crippen LogP contribution in [0.3, 0.4) is 0 Å². The van der Waals surface area contributed by atoms with Gasteiger partial charge in [0, 0.05) is 31.7 Å². The van der Waals surface area contributed by atoms with Crippen molar-refractivity contribution in [3.05, 3.63) is 71.3 Å². The molecule has 0 radical (unpaired) electrons. The number of morpholine rings is 1. The summed E-state index contributed by atoms with van der Waals surface area (Å²) in [4.78, 5) is 40.9. The van der Waals surface area contributed by atoms with Gasteiger partial charge in [0.1, 0.15) is 0 Å². The molecule has 6 heteroatoms. The Labute approximate surface area is 163 Å². The van der Waals surface area contributed by atoms with E-state index in [0.717, 1.165) is 48.9 Å². The van der Waals surface area contributed by atoms with E-state index in [1.807, 2.05) is 42.5 Å². The van der Waals surface area contributed by atoms with Crippen molar-refractivity contribution in [1.82, 2.24) is 9.80 Å². The third-order valence-corrected chi connectivity index (χ3v) is 5.30. The molecular formula is C22H22N2O4. The standard InChI is InChI=1S/C22H22N2O4/c25-20-19(17-4-2-1-3-5-17)15-24(22(20)27)21(26)18-8-6-16(7-9-18)14-23-10-12-28-13-11-23/h1-9,19H,10-15H2/t19-/m0/s1. The number of nitrogens with zero attached hydrogens (tertiary/aromatic N) is 2. The van der Waals surface area contributed by atoms with Gasteiger partial charge in [0.15, 0.2) is 0 Å². The van der Waals surface area contributed by atoms with Crippen LogP contribution in [0, 0.1) is 0 Å². The van der Waals surface area contributed by atoms with E-state index >= 15 is 0 Å². The molecule has 0 aromatic heterocycles. The van der Waals surface area contributed by atoms with E-state index < -0.39 is 23.5 Å². The molecule has 2 aromatic carbocycles. The van der Waals surface area contributed by atoms with Gasteiger partial charge in [0.05, 0.1) is 19.1 Å². The van der Waals surface area contributed by atoms with Crippen LogP contribution in [0.5, 0.6) is 0 Å². The summed E-state index contributed by atoms with van der Waals surface area (Å²) in [6.45, 7) is 4.16. The van der Waals surface area contributed by atoms with Gasteiger partial charge in [-0.1, -0.05) is 42.5 Å². The first-order valence-electron chi connectivity index (χ1n) is 9.47. The zero-order valence-corrected chi connectivity index (χ0v) is 15.5. The van der Waals surface area contributed by atoms with Crippen LogP contribution >= 0.6 is 0 Å². The number of likely N-dealkylation sites (tertiary alicyclic amines) is 1. The Kier molecular flexibility index (Phi) is 5.32. The van der Waals surface area contributed by atoms with Crippen LogP contribution in [0.2, 0.25) is 0 Å². The van der Waals surface area contributed by atoms with Crippen LogP contribution in [-0.4, -0.2) is 60.2 Å². The van der Waals surface area contributed by atoms with E-state index in [4.69, 9.17) is 4.74 Å². The lowest BCUT2D eigenvalue weighted by Crippen LogP contribution is -2.35. The topological polar surface area (TPSA) is 66.9 Å². The maximum atomic E-state index is 12.8. The summed E-state index contributed by atoms with van der Waals surface area (Å²) in [5, 5.41) is 0. The number of ether oxygens (including phenoxy) is 1. The molecule has 4 rings (SSSR count). The highest BCUT2D eigenvalue weighted by Gasteiger charge is 2.42. The Bertz CT molecular complexity index is 873. The normalized spacial score (nSPS) is 20.6. The minimum atomic E-state index is -0.726. The molecule has 2 aliphatic heterocycles. The summed E-state index contributed by atoms with van der Waals surface area (Å²) in [5.41, 5.74) is 2.28. The average molecular weight is 378 g/mol. The van der Waals surface area contributed by atoms with Crippen molar-refractivity contribution in [2.24, 2.45) is 0 Å². The molecule has 2 saturated heterocycles. The number of amides is 2.